The number of amides is 2. The standard InChI is InChI=1S/C32H37Cl2N3O4S/c1-23-28(34)17-10-18-29(23)37(42(2,40)41)22-31(38)36(21-25-13-9-14-26(33)19-25)30(20-24-11-5-3-6-12-24)32(39)35-27-15-7-4-8-16-27/h3,5-6,9-14,17-19,27,30H,4,7-8,15-16,20-22H2,1-2H3,(H,35,39). The van der Waals surface area contributed by atoms with Crippen LogP contribution in [0.15, 0.2) is 72.8 Å². The summed E-state index contributed by atoms with van der Waals surface area (Å²) in [5, 5.41) is 4.08. The predicted octanol–water partition coefficient (Wildman–Crippen LogP) is 6.16. The minimum Gasteiger partial charge on any atom is -0.352 e. The molecule has 7 nitrogen and oxygen atoms in total. The first kappa shape index (κ1) is 31.9. The lowest BCUT2D eigenvalue weighted by molar-refractivity contribution is -0.140. The van der Waals surface area contributed by atoms with E-state index in [9.17, 15) is 18.0 Å². The van der Waals surface area contributed by atoms with Gasteiger partial charge in [-0.15, -0.1) is 0 Å². The lowest BCUT2D eigenvalue weighted by atomic mass is 9.94. The number of hydrogen-bond donors (Lipinski definition) is 1. The van der Waals surface area contributed by atoms with Gasteiger partial charge in [-0.05, 0) is 60.7 Å². The summed E-state index contributed by atoms with van der Waals surface area (Å²) in [5.74, 6) is -0.773. The van der Waals surface area contributed by atoms with Crippen LogP contribution in [-0.2, 0) is 32.6 Å². The Bertz CT molecular complexity index is 1490. The van der Waals surface area contributed by atoms with Crippen molar-refractivity contribution in [2.24, 2.45) is 0 Å². The van der Waals surface area contributed by atoms with Crippen molar-refractivity contribution in [2.45, 2.75) is 64.1 Å². The van der Waals surface area contributed by atoms with E-state index in [4.69, 9.17) is 23.2 Å². The molecule has 1 N–H and O–H groups in total. The van der Waals surface area contributed by atoms with Gasteiger partial charge in [0.1, 0.15) is 12.6 Å². The minimum absolute atomic E-state index is 0.0364. The molecular formula is C32H37Cl2N3O4S. The van der Waals surface area contributed by atoms with Crippen LogP contribution in [0.3, 0.4) is 0 Å². The van der Waals surface area contributed by atoms with Crippen LogP contribution in [-0.4, -0.2) is 50.0 Å². The van der Waals surface area contributed by atoms with Crippen LogP contribution in [0.2, 0.25) is 10.0 Å². The molecule has 1 fully saturated rings. The third kappa shape index (κ3) is 8.49. The molecule has 1 unspecified atom stereocenters. The summed E-state index contributed by atoms with van der Waals surface area (Å²) in [6, 6.07) is 20.7. The molecule has 1 aliphatic carbocycles. The highest BCUT2D eigenvalue weighted by molar-refractivity contribution is 7.92. The fourth-order valence-corrected chi connectivity index (χ4v) is 6.67. The first-order valence-corrected chi connectivity index (χ1v) is 16.7. The van der Waals surface area contributed by atoms with E-state index in [0.717, 1.165) is 53.8 Å². The van der Waals surface area contributed by atoms with Crippen molar-refractivity contribution >= 4 is 50.7 Å². The lowest BCUT2D eigenvalue weighted by Gasteiger charge is -2.35. The summed E-state index contributed by atoms with van der Waals surface area (Å²) in [4.78, 5) is 29.7. The third-order valence-corrected chi connectivity index (χ3v) is 9.42. The highest BCUT2D eigenvalue weighted by Gasteiger charge is 2.34. The summed E-state index contributed by atoms with van der Waals surface area (Å²) >= 11 is 12.6. The van der Waals surface area contributed by atoms with Gasteiger partial charge in [-0.3, -0.25) is 13.9 Å². The van der Waals surface area contributed by atoms with Crippen molar-refractivity contribution in [1.29, 1.82) is 0 Å². The zero-order valence-corrected chi connectivity index (χ0v) is 26.3. The number of carbonyl (C=O) groups excluding carboxylic acids is 2. The zero-order chi connectivity index (χ0) is 30.3. The van der Waals surface area contributed by atoms with Crippen LogP contribution in [0.4, 0.5) is 5.69 Å². The Morgan fingerprint density at radius 1 is 0.929 bits per heavy atom. The number of hydrogen-bond acceptors (Lipinski definition) is 4. The second-order valence-electron chi connectivity index (χ2n) is 10.9. The average Bonchev–Trinajstić information content (AvgIpc) is 2.95. The van der Waals surface area contributed by atoms with Crippen molar-refractivity contribution < 1.29 is 18.0 Å². The fourth-order valence-electron chi connectivity index (χ4n) is 5.39. The van der Waals surface area contributed by atoms with E-state index in [1.54, 1.807) is 43.3 Å². The molecule has 3 aromatic carbocycles. The molecule has 0 spiro atoms. The van der Waals surface area contributed by atoms with Crippen LogP contribution in [0, 0.1) is 6.92 Å². The Morgan fingerprint density at radius 3 is 2.26 bits per heavy atom. The largest absolute Gasteiger partial charge is 0.352 e. The molecule has 1 aliphatic rings. The Balaban J connectivity index is 1.74. The highest BCUT2D eigenvalue weighted by atomic mass is 35.5. The molecule has 0 aliphatic heterocycles. The van der Waals surface area contributed by atoms with E-state index < -0.39 is 28.5 Å². The van der Waals surface area contributed by atoms with E-state index in [-0.39, 0.29) is 24.9 Å². The van der Waals surface area contributed by atoms with E-state index in [2.05, 4.69) is 5.32 Å². The molecule has 1 atom stereocenters. The third-order valence-electron chi connectivity index (χ3n) is 7.65. The van der Waals surface area contributed by atoms with Crippen molar-refractivity contribution in [3.05, 3.63) is 99.5 Å². The predicted molar refractivity (Wildman–Crippen MR) is 169 cm³/mol. The molecule has 0 saturated heterocycles. The van der Waals surface area contributed by atoms with Gasteiger partial charge in [0.25, 0.3) is 0 Å². The first-order valence-electron chi connectivity index (χ1n) is 14.1. The van der Waals surface area contributed by atoms with Crippen molar-refractivity contribution in [2.75, 3.05) is 17.1 Å². The zero-order valence-electron chi connectivity index (χ0n) is 23.9. The van der Waals surface area contributed by atoms with Crippen LogP contribution in [0.1, 0.15) is 48.8 Å². The van der Waals surface area contributed by atoms with Gasteiger partial charge < -0.3 is 10.2 Å². The van der Waals surface area contributed by atoms with Crippen LogP contribution in [0.25, 0.3) is 0 Å². The number of carbonyl (C=O) groups is 2. The molecule has 42 heavy (non-hydrogen) atoms. The van der Waals surface area contributed by atoms with Crippen molar-refractivity contribution in [1.82, 2.24) is 10.2 Å². The molecule has 2 amide bonds. The number of halogens is 2. The molecule has 0 heterocycles. The van der Waals surface area contributed by atoms with Gasteiger partial charge in [-0.25, -0.2) is 8.42 Å². The maximum absolute atomic E-state index is 14.3. The quantitative estimate of drug-likeness (QED) is 0.275. The first-order chi connectivity index (χ1) is 20.0. The van der Waals surface area contributed by atoms with Crippen LogP contribution >= 0.6 is 23.2 Å². The van der Waals surface area contributed by atoms with Gasteiger partial charge in [-0.2, -0.15) is 0 Å². The van der Waals surface area contributed by atoms with E-state index in [1.807, 2.05) is 36.4 Å². The second kappa shape index (κ2) is 14.4. The van der Waals surface area contributed by atoms with Gasteiger partial charge >= 0.3 is 0 Å². The van der Waals surface area contributed by atoms with Crippen molar-refractivity contribution in [3.8, 4) is 0 Å². The summed E-state index contributed by atoms with van der Waals surface area (Å²) < 4.78 is 27.1. The number of rotatable bonds is 11. The topological polar surface area (TPSA) is 86.8 Å². The SMILES string of the molecule is Cc1c(Cl)cccc1N(CC(=O)N(Cc1cccc(Cl)c1)C(Cc1ccccc1)C(=O)NC1CCCCC1)S(C)(=O)=O. The van der Waals surface area contributed by atoms with Gasteiger partial charge in [0.15, 0.2) is 0 Å². The highest BCUT2D eigenvalue weighted by Crippen LogP contribution is 2.29. The van der Waals surface area contributed by atoms with Crippen LogP contribution in [0.5, 0.6) is 0 Å². The Morgan fingerprint density at radius 2 is 1.60 bits per heavy atom. The molecule has 224 valence electrons. The lowest BCUT2D eigenvalue weighted by Crippen LogP contribution is -2.55. The van der Waals surface area contributed by atoms with Crippen molar-refractivity contribution in [3.63, 3.8) is 0 Å². The molecular weight excluding hydrogens is 593 g/mol. The summed E-state index contributed by atoms with van der Waals surface area (Å²) in [6.07, 6.45) is 6.33. The maximum Gasteiger partial charge on any atom is 0.244 e. The summed E-state index contributed by atoms with van der Waals surface area (Å²) in [7, 11) is -3.89. The monoisotopic (exact) mass is 629 g/mol. The van der Waals surface area contributed by atoms with E-state index in [0.29, 0.717) is 21.3 Å². The fraction of sp³-hybridized carbons (Fsp3) is 0.375. The molecule has 10 heteroatoms. The number of anilines is 1. The van der Waals surface area contributed by atoms with Gasteiger partial charge in [0.2, 0.25) is 21.8 Å². The number of benzene rings is 3. The minimum atomic E-state index is -3.89. The number of sulfonamides is 1. The molecule has 0 bridgehead atoms. The number of nitrogens with one attached hydrogen (secondary N) is 1. The smallest absolute Gasteiger partial charge is 0.244 e. The Labute approximate surface area is 258 Å². The van der Waals surface area contributed by atoms with Crippen LogP contribution < -0.4 is 9.62 Å². The maximum atomic E-state index is 14.3. The molecule has 0 radical (unpaired) electrons. The van der Waals surface area contributed by atoms with Gasteiger partial charge in [0.05, 0.1) is 11.9 Å². The Hall–Kier alpha value is -3.07. The number of nitrogens with zero attached hydrogens (tertiary/aromatic N) is 2. The average molecular weight is 631 g/mol. The normalized spacial score (nSPS) is 14.7. The molecule has 4 rings (SSSR count). The van der Waals surface area contributed by atoms with E-state index in [1.165, 1.54) is 4.90 Å². The summed E-state index contributed by atoms with van der Waals surface area (Å²) in [5.41, 5.74) is 2.46. The summed E-state index contributed by atoms with van der Waals surface area (Å²) in [6.45, 7) is 1.28. The van der Waals surface area contributed by atoms with E-state index >= 15 is 0 Å². The molecule has 1 saturated carbocycles. The van der Waals surface area contributed by atoms with Gasteiger partial charge in [-0.1, -0.05) is 91.0 Å². The molecule has 0 aromatic heterocycles. The molecule has 3 aromatic rings. The second-order valence-corrected chi connectivity index (χ2v) is 13.6. The Kier molecular flexibility index (Phi) is 10.9. The van der Waals surface area contributed by atoms with Gasteiger partial charge in [0, 0.05) is 29.1 Å².